The van der Waals surface area contributed by atoms with Crippen molar-refractivity contribution in [1.82, 2.24) is 14.4 Å². The van der Waals surface area contributed by atoms with Crippen LogP contribution in [-0.2, 0) is 0 Å². The molecular weight excluding hydrogens is 414 g/mol. The molecule has 0 aliphatic rings. The molecular formula is C19H10BrN3O2S. The van der Waals surface area contributed by atoms with Gasteiger partial charge in [0.25, 0.3) is 5.56 Å². The van der Waals surface area contributed by atoms with E-state index in [1.807, 2.05) is 48.5 Å². The number of aromatic nitrogens is 3. The second-order valence-corrected chi connectivity index (χ2v) is 7.63. The zero-order chi connectivity index (χ0) is 17.7. The van der Waals surface area contributed by atoms with Crippen LogP contribution in [0, 0.1) is 0 Å². The van der Waals surface area contributed by atoms with Gasteiger partial charge in [-0.1, -0.05) is 41.7 Å². The maximum absolute atomic E-state index is 12.8. The molecule has 1 aromatic carbocycles. The molecule has 4 aromatic heterocycles. The number of fused-ring (bicyclic) bond motifs is 3. The van der Waals surface area contributed by atoms with Gasteiger partial charge in [-0.2, -0.15) is 0 Å². The monoisotopic (exact) mass is 423 g/mol. The van der Waals surface area contributed by atoms with Crippen molar-refractivity contribution in [1.29, 1.82) is 0 Å². The third-order valence-corrected chi connectivity index (χ3v) is 5.41. The van der Waals surface area contributed by atoms with Crippen LogP contribution in [0.25, 0.3) is 33.5 Å². The van der Waals surface area contributed by atoms with Gasteiger partial charge in [-0.3, -0.25) is 4.79 Å². The van der Waals surface area contributed by atoms with Crippen molar-refractivity contribution >= 4 is 49.5 Å². The van der Waals surface area contributed by atoms with Gasteiger partial charge in [0.2, 0.25) is 0 Å². The molecule has 0 saturated carbocycles. The van der Waals surface area contributed by atoms with Gasteiger partial charge in [0.15, 0.2) is 10.6 Å². The predicted molar refractivity (Wildman–Crippen MR) is 105 cm³/mol. The first-order valence-corrected chi connectivity index (χ1v) is 9.43. The molecule has 0 bridgehead atoms. The van der Waals surface area contributed by atoms with Crippen LogP contribution in [0.15, 0.2) is 68.4 Å². The molecule has 4 heterocycles. The Morgan fingerprint density at radius 2 is 2.00 bits per heavy atom. The lowest BCUT2D eigenvalue weighted by molar-refractivity contribution is 0.571. The van der Waals surface area contributed by atoms with Gasteiger partial charge in [-0.15, -0.1) is 0 Å². The van der Waals surface area contributed by atoms with Crippen LogP contribution in [0.4, 0.5) is 0 Å². The van der Waals surface area contributed by atoms with Crippen LogP contribution >= 0.6 is 27.3 Å². The lowest BCUT2D eigenvalue weighted by atomic mass is 10.2. The van der Waals surface area contributed by atoms with E-state index in [-0.39, 0.29) is 5.56 Å². The maximum atomic E-state index is 12.8. The standard InChI is InChI=1S/C19H10BrN3O2S/c20-12-8-14-17(21-10-12)23-18(24)16(26-19(23)22-14)9-13-6-7-15(25-13)11-4-2-1-3-5-11/h1-10H. The minimum absolute atomic E-state index is 0.139. The van der Waals surface area contributed by atoms with E-state index in [0.717, 1.165) is 15.8 Å². The molecule has 5 aromatic rings. The van der Waals surface area contributed by atoms with Gasteiger partial charge in [-0.25, -0.2) is 14.4 Å². The first-order chi connectivity index (χ1) is 12.7. The number of benzene rings is 1. The highest BCUT2D eigenvalue weighted by atomic mass is 79.9. The van der Waals surface area contributed by atoms with Crippen molar-refractivity contribution in [2.24, 2.45) is 0 Å². The molecule has 0 aliphatic heterocycles. The molecule has 0 N–H and O–H groups in total. The second kappa shape index (κ2) is 5.89. The summed E-state index contributed by atoms with van der Waals surface area (Å²) in [4.78, 5) is 22.2. The zero-order valence-corrected chi connectivity index (χ0v) is 15.6. The highest BCUT2D eigenvalue weighted by Gasteiger charge is 2.13. The van der Waals surface area contributed by atoms with Crippen molar-refractivity contribution in [3.63, 3.8) is 0 Å². The average Bonchev–Trinajstić information content (AvgIpc) is 3.32. The van der Waals surface area contributed by atoms with Gasteiger partial charge in [0, 0.05) is 22.3 Å². The number of hydrogen-bond acceptors (Lipinski definition) is 5. The minimum Gasteiger partial charge on any atom is -0.457 e. The smallest absolute Gasteiger partial charge is 0.276 e. The quantitative estimate of drug-likeness (QED) is 0.432. The van der Waals surface area contributed by atoms with Gasteiger partial charge < -0.3 is 4.42 Å². The number of thiazole rings is 1. The molecule has 5 rings (SSSR count). The Kier molecular flexibility index (Phi) is 3.51. The van der Waals surface area contributed by atoms with Crippen molar-refractivity contribution in [2.75, 3.05) is 0 Å². The molecule has 0 amide bonds. The fraction of sp³-hybridized carbons (Fsp3) is 0. The fourth-order valence-corrected chi connectivity index (χ4v) is 4.11. The van der Waals surface area contributed by atoms with Gasteiger partial charge in [0.1, 0.15) is 21.6 Å². The largest absolute Gasteiger partial charge is 0.457 e. The number of pyridine rings is 1. The summed E-state index contributed by atoms with van der Waals surface area (Å²) >= 11 is 4.70. The first-order valence-electron chi connectivity index (χ1n) is 7.82. The molecule has 7 heteroatoms. The molecule has 0 unspecified atom stereocenters. The molecule has 0 saturated heterocycles. The number of furan rings is 1. The SMILES string of the molecule is O=c1c(=Cc2ccc(-c3ccccc3)o2)sc2nc3cc(Br)cnc3n12. The molecule has 5 nitrogen and oxygen atoms in total. The van der Waals surface area contributed by atoms with Gasteiger partial charge in [0.05, 0.1) is 0 Å². The fourth-order valence-electron chi connectivity index (χ4n) is 2.83. The lowest BCUT2D eigenvalue weighted by Gasteiger charge is -1.94. The Morgan fingerprint density at radius 1 is 1.15 bits per heavy atom. The minimum atomic E-state index is -0.139. The summed E-state index contributed by atoms with van der Waals surface area (Å²) in [7, 11) is 0. The summed E-state index contributed by atoms with van der Waals surface area (Å²) in [5.41, 5.74) is 2.11. The van der Waals surface area contributed by atoms with Crippen LogP contribution < -0.4 is 10.1 Å². The summed E-state index contributed by atoms with van der Waals surface area (Å²) in [5, 5.41) is 0. The van der Waals surface area contributed by atoms with Crippen molar-refractivity contribution in [3.8, 4) is 11.3 Å². The lowest BCUT2D eigenvalue weighted by Crippen LogP contribution is -2.22. The van der Waals surface area contributed by atoms with E-state index in [4.69, 9.17) is 4.42 Å². The number of imidazole rings is 1. The Hall–Kier alpha value is -2.77. The summed E-state index contributed by atoms with van der Waals surface area (Å²) < 4.78 is 8.80. The van der Waals surface area contributed by atoms with E-state index in [9.17, 15) is 4.79 Å². The summed E-state index contributed by atoms with van der Waals surface area (Å²) in [6.07, 6.45) is 3.41. The highest BCUT2D eigenvalue weighted by molar-refractivity contribution is 9.10. The average molecular weight is 424 g/mol. The number of rotatable bonds is 2. The van der Waals surface area contributed by atoms with E-state index in [1.54, 1.807) is 16.7 Å². The molecule has 0 radical (unpaired) electrons. The van der Waals surface area contributed by atoms with E-state index >= 15 is 0 Å². The van der Waals surface area contributed by atoms with E-state index in [1.165, 1.54) is 11.3 Å². The van der Waals surface area contributed by atoms with Crippen LogP contribution in [0.1, 0.15) is 5.76 Å². The van der Waals surface area contributed by atoms with Gasteiger partial charge >= 0.3 is 0 Å². The van der Waals surface area contributed by atoms with E-state index in [0.29, 0.717) is 26.4 Å². The van der Waals surface area contributed by atoms with E-state index < -0.39 is 0 Å². The van der Waals surface area contributed by atoms with Crippen molar-refractivity contribution < 1.29 is 4.42 Å². The predicted octanol–water partition coefficient (Wildman–Crippen LogP) is 3.87. The molecule has 0 aliphatic carbocycles. The summed E-state index contributed by atoms with van der Waals surface area (Å²) in [6, 6.07) is 15.5. The Labute approximate surface area is 159 Å². The van der Waals surface area contributed by atoms with Crippen molar-refractivity contribution in [2.45, 2.75) is 0 Å². The summed E-state index contributed by atoms with van der Waals surface area (Å²) in [6.45, 7) is 0. The molecule has 0 spiro atoms. The van der Waals surface area contributed by atoms with Gasteiger partial charge in [-0.05, 0) is 34.1 Å². The van der Waals surface area contributed by atoms with Crippen LogP contribution in [0.5, 0.6) is 0 Å². The van der Waals surface area contributed by atoms with E-state index in [2.05, 4.69) is 25.9 Å². The number of hydrogen-bond donors (Lipinski definition) is 0. The Morgan fingerprint density at radius 3 is 2.85 bits per heavy atom. The molecule has 0 fully saturated rings. The van der Waals surface area contributed by atoms with Crippen LogP contribution in [0.2, 0.25) is 0 Å². The Balaban J connectivity index is 1.64. The highest BCUT2D eigenvalue weighted by Crippen LogP contribution is 2.22. The number of nitrogens with zero attached hydrogens (tertiary/aromatic N) is 3. The summed E-state index contributed by atoms with van der Waals surface area (Å²) in [5.74, 6) is 1.40. The maximum Gasteiger partial charge on any atom is 0.276 e. The molecule has 0 atom stereocenters. The Bertz CT molecular complexity index is 1370. The van der Waals surface area contributed by atoms with Crippen molar-refractivity contribution in [3.05, 3.63) is 79.8 Å². The third kappa shape index (κ3) is 2.48. The van der Waals surface area contributed by atoms with Crippen LogP contribution in [-0.4, -0.2) is 14.4 Å². The zero-order valence-electron chi connectivity index (χ0n) is 13.2. The normalized spacial score (nSPS) is 12.4. The topological polar surface area (TPSA) is 60.4 Å². The second-order valence-electron chi connectivity index (χ2n) is 5.71. The molecule has 26 heavy (non-hydrogen) atoms. The number of halogens is 1. The molecule has 126 valence electrons. The first kappa shape index (κ1) is 15.5. The van der Waals surface area contributed by atoms with Crippen LogP contribution in [0.3, 0.4) is 0 Å². The third-order valence-electron chi connectivity index (χ3n) is 4.01.